The van der Waals surface area contributed by atoms with Crippen molar-refractivity contribution in [1.29, 1.82) is 5.26 Å². The highest BCUT2D eigenvalue weighted by atomic mass is 16.5. The van der Waals surface area contributed by atoms with E-state index in [-0.39, 0.29) is 0 Å². The number of nitrogens with zero attached hydrogens (tertiary/aromatic N) is 3. The molecule has 0 spiro atoms. The molecule has 124 valence electrons. The van der Waals surface area contributed by atoms with E-state index in [1.165, 1.54) is 11.1 Å². The lowest BCUT2D eigenvalue weighted by Gasteiger charge is -2.10. The van der Waals surface area contributed by atoms with E-state index in [2.05, 4.69) is 27.6 Å². The van der Waals surface area contributed by atoms with E-state index in [1.54, 1.807) is 6.07 Å². The Kier molecular flexibility index (Phi) is 3.83. The predicted octanol–water partition coefficient (Wildman–Crippen LogP) is 3.79. The first-order chi connectivity index (χ1) is 12.2. The molecular weight excluding hydrogens is 312 g/mol. The molecular formula is C20H18N4O. The Morgan fingerprint density at radius 2 is 2.16 bits per heavy atom. The highest BCUT2D eigenvalue weighted by molar-refractivity contribution is 5.66. The number of aryl methyl sites for hydroxylation is 1. The minimum Gasteiger partial charge on any atom is -0.334 e. The molecule has 0 bridgehead atoms. The van der Waals surface area contributed by atoms with Crippen LogP contribution in [0, 0.1) is 18.3 Å². The topological polar surface area (TPSA) is 74.7 Å². The van der Waals surface area contributed by atoms with E-state index in [0.29, 0.717) is 23.3 Å². The molecule has 0 aliphatic heterocycles. The Balaban J connectivity index is 1.74. The smallest absolute Gasteiger partial charge is 0.258 e. The summed E-state index contributed by atoms with van der Waals surface area (Å²) in [5.74, 6) is 1.04. The van der Waals surface area contributed by atoms with Crippen LogP contribution in [-0.4, -0.2) is 17.2 Å². The molecule has 1 atom stereocenters. The van der Waals surface area contributed by atoms with Crippen molar-refractivity contribution in [3.05, 3.63) is 58.7 Å². The Labute approximate surface area is 146 Å². The predicted molar refractivity (Wildman–Crippen MR) is 94.7 cm³/mol. The molecule has 1 heterocycles. The Hall–Kier alpha value is -2.97. The van der Waals surface area contributed by atoms with Gasteiger partial charge < -0.3 is 9.84 Å². The summed E-state index contributed by atoms with van der Waals surface area (Å²) in [6, 6.07) is 14.4. The van der Waals surface area contributed by atoms with Crippen LogP contribution in [0.2, 0.25) is 0 Å². The maximum atomic E-state index is 9.20. The third kappa shape index (κ3) is 2.61. The lowest BCUT2D eigenvalue weighted by atomic mass is 10.0. The standard InChI is InChI=1S/C20H18N4O/c1-12-6-7-13(10-14(12)11-21)20-23-19(24-25-20)17-5-3-4-16-15(17)8-9-18(16)22-2/h3-7,10,18,22H,8-9H2,1-2H3. The van der Waals surface area contributed by atoms with Gasteiger partial charge in [-0.15, -0.1) is 0 Å². The van der Waals surface area contributed by atoms with Crippen LogP contribution in [0.5, 0.6) is 0 Å². The van der Waals surface area contributed by atoms with Gasteiger partial charge in [-0.1, -0.05) is 29.4 Å². The first-order valence-corrected chi connectivity index (χ1v) is 8.35. The number of fused-ring (bicyclic) bond motifs is 1. The van der Waals surface area contributed by atoms with Gasteiger partial charge in [0.15, 0.2) is 0 Å². The van der Waals surface area contributed by atoms with Gasteiger partial charge >= 0.3 is 0 Å². The summed E-state index contributed by atoms with van der Waals surface area (Å²) in [5.41, 5.74) is 5.95. The second kappa shape index (κ2) is 6.15. The first-order valence-electron chi connectivity index (χ1n) is 8.35. The number of nitriles is 1. The largest absolute Gasteiger partial charge is 0.334 e. The summed E-state index contributed by atoms with van der Waals surface area (Å²) in [6.07, 6.45) is 2.08. The zero-order chi connectivity index (χ0) is 17.4. The van der Waals surface area contributed by atoms with Crippen molar-refractivity contribution < 1.29 is 4.52 Å². The lowest BCUT2D eigenvalue weighted by molar-refractivity contribution is 0.432. The maximum Gasteiger partial charge on any atom is 0.258 e. The van der Waals surface area contributed by atoms with Crippen LogP contribution in [0.25, 0.3) is 22.8 Å². The highest BCUT2D eigenvalue weighted by Gasteiger charge is 2.25. The molecule has 5 nitrogen and oxygen atoms in total. The zero-order valence-corrected chi connectivity index (χ0v) is 14.2. The summed E-state index contributed by atoms with van der Waals surface area (Å²) in [5, 5.41) is 16.7. The van der Waals surface area contributed by atoms with Crippen molar-refractivity contribution in [3.63, 3.8) is 0 Å². The molecule has 5 heteroatoms. The fourth-order valence-corrected chi connectivity index (χ4v) is 3.49. The molecule has 4 rings (SSSR count). The minimum atomic E-state index is 0.386. The van der Waals surface area contributed by atoms with Crippen molar-refractivity contribution >= 4 is 0 Å². The molecule has 2 aromatic carbocycles. The van der Waals surface area contributed by atoms with Gasteiger partial charge in [0.2, 0.25) is 5.82 Å². The molecule has 0 radical (unpaired) electrons. The van der Waals surface area contributed by atoms with Gasteiger partial charge in [-0.05, 0) is 55.6 Å². The molecule has 1 aliphatic carbocycles. The average molecular weight is 330 g/mol. The van der Waals surface area contributed by atoms with Crippen molar-refractivity contribution in [3.8, 4) is 28.9 Å². The maximum absolute atomic E-state index is 9.20. The second-order valence-electron chi connectivity index (χ2n) is 6.32. The molecule has 0 fully saturated rings. The fourth-order valence-electron chi connectivity index (χ4n) is 3.49. The molecule has 1 aliphatic rings. The molecule has 1 N–H and O–H groups in total. The third-order valence-electron chi connectivity index (χ3n) is 4.89. The SMILES string of the molecule is CNC1CCc2c(-c3noc(-c4ccc(C)c(C#N)c4)n3)cccc21. The molecule has 1 aromatic heterocycles. The van der Waals surface area contributed by atoms with E-state index < -0.39 is 0 Å². The number of hydrogen-bond acceptors (Lipinski definition) is 5. The van der Waals surface area contributed by atoms with E-state index in [0.717, 1.165) is 29.5 Å². The number of nitrogens with one attached hydrogen (secondary N) is 1. The van der Waals surface area contributed by atoms with Gasteiger partial charge in [0.25, 0.3) is 5.89 Å². The molecule has 3 aromatic rings. The average Bonchev–Trinajstić information content (AvgIpc) is 3.29. The highest BCUT2D eigenvalue weighted by Crippen LogP contribution is 2.37. The van der Waals surface area contributed by atoms with Crippen molar-refractivity contribution in [1.82, 2.24) is 15.5 Å². The normalized spacial score (nSPS) is 15.8. The van der Waals surface area contributed by atoms with Crippen LogP contribution < -0.4 is 5.32 Å². The minimum absolute atomic E-state index is 0.386. The van der Waals surface area contributed by atoms with Crippen LogP contribution in [0.4, 0.5) is 0 Å². The fraction of sp³-hybridized carbons (Fsp3) is 0.250. The third-order valence-corrected chi connectivity index (χ3v) is 4.89. The van der Waals surface area contributed by atoms with E-state index in [4.69, 9.17) is 4.52 Å². The Bertz CT molecular complexity index is 984. The second-order valence-corrected chi connectivity index (χ2v) is 6.32. The lowest BCUT2D eigenvalue weighted by Crippen LogP contribution is -2.12. The summed E-state index contributed by atoms with van der Waals surface area (Å²) in [7, 11) is 1.99. The molecule has 0 saturated carbocycles. The number of rotatable bonds is 3. The van der Waals surface area contributed by atoms with E-state index in [1.807, 2.05) is 38.2 Å². The van der Waals surface area contributed by atoms with Crippen LogP contribution in [0.15, 0.2) is 40.9 Å². The van der Waals surface area contributed by atoms with Crippen LogP contribution in [0.3, 0.4) is 0 Å². The Morgan fingerprint density at radius 3 is 2.96 bits per heavy atom. The van der Waals surface area contributed by atoms with Crippen molar-refractivity contribution in [2.24, 2.45) is 0 Å². The monoisotopic (exact) mass is 330 g/mol. The van der Waals surface area contributed by atoms with Gasteiger partial charge in [0.1, 0.15) is 0 Å². The van der Waals surface area contributed by atoms with Crippen molar-refractivity contribution in [2.45, 2.75) is 25.8 Å². The quantitative estimate of drug-likeness (QED) is 0.791. The summed E-state index contributed by atoms with van der Waals surface area (Å²) < 4.78 is 5.47. The molecule has 25 heavy (non-hydrogen) atoms. The van der Waals surface area contributed by atoms with Crippen molar-refractivity contribution in [2.75, 3.05) is 7.05 Å². The van der Waals surface area contributed by atoms with Crippen LogP contribution in [0.1, 0.15) is 34.7 Å². The molecule has 0 saturated heterocycles. The van der Waals surface area contributed by atoms with Crippen LogP contribution in [-0.2, 0) is 6.42 Å². The Morgan fingerprint density at radius 1 is 1.28 bits per heavy atom. The van der Waals surface area contributed by atoms with Gasteiger partial charge in [0, 0.05) is 17.2 Å². The summed E-state index contributed by atoms with van der Waals surface area (Å²) >= 11 is 0. The van der Waals surface area contributed by atoms with Gasteiger partial charge in [-0.3, -0.25) is 0 Å². The number of hydrogen-bond donors (Lipinski definition) is 1. The summed E-state index contributed by atoms with van der Waals surface area (Å²) in [4.78, 5) is 4.58. The van der Waals surface area contributed by atoms with E-state index >= 15 is 0 Å². The zero-order valence-electron chi connectivity index (χ0n) is 14.2. The van der Waals surface area contributed by atoms with Gasteiger partial charge in [-0.25, -0.2) is 0 Å². The first kappa shape index (κ1) is 15.6. The van der Waals surface area contributed by atoms with E-state index in [9.17, 15) is 5.26 Å². The van der Waals surface area contributed by atoms with Gasteiger partial charge in [-0.2, -0.15) is 10.2 Å². The number of benzene rings is 2. The molecule has 0 amide bonds. The van der Waals surface area contributed by atoms with Crippen LogP contribution >= 0.6 is 0 Å². The van der Waals surface area contributed by atoms with Gasteiger partial charge in [0.05, 0.1) is 11.6 Å². The number of aromatic nitrogens is 2. The summed E-state index contributed by atoms with van der Waals surface area (Å²) in [6.45, 7) is 1.91. The molecule has 1 unspecified atom stereocenters.